The molecule has 0 saturated heterocycles. The van der Waals surface area contributed by atoms with Crippen LogP contribution in [0, 0.1) is 5.92 Å². The van der Waals surface area contributed by atoms with Crippen molar-refractivity contribution in [1.82, 2.24) is 9.38 Å². The second-order valence-corrected chi connectivity index (χ2v) is 7.41. The van der Waals surface area contributed by atoms with Gasteiger partial charge in [0.2, 0.25) is 5.91 Å². The Balaban J connectivity index is 1.59. The molecule has 3 aromatic rings. The minimum absolute atomic E-state index is 0.0131. The molecule has 1 N–H and O–H groups in total. The molecule has 6 heteroatoms. The molecule has 0 fully saturated rings. The number of carbonyl (C=O) groups is 2. The summed E-state index contributed by atoms with van der Waals surface area (Å²) in [5.74, 6) is 0.641. The largest absolute Gasteiger partial charge is 0.326 e. The number of hydrogen-bond donors (Lipinski definition) is 1. The number of Topliss-reactive ketones (excluding diaryl/α,β-unsaturated/α-hetero) is 1. The maximum atomic E-state index is 12.4. The summed E-state index contributed by atoms with van der Waals surface area (Å²) in [5, 5.41) is 3.64. The van der Waals surface area contributed by atoms with Crippen molar-refractivity contribution in [3.05, 3.63) is 60.4 Å². The lowest BCUT2D eigenvalue weighted by atomic mass is 10.1. The molecule has 0 aliphatic heterocycles. The number of anilines is 1. The summed E-state index contributed by atoms with van der Waals surface area (Å²) < 4.78 is 1.96. The molecule has 0 saturated carbocycles. The van der Waals surface area contributed by atoms with Crippen LogP contribution in [0.5, 0.6) is 0 Å². The number of nitrogens with one attached hydrogen (secondary N) is 1. The Hall–Kier alpha value is -2.60. The summed E-state index contributed by atoms with van der Waals surface area (Å²) in [7, 11) is 0. The van der Waals surface area contributed by atoms with E-state index in [4.69, 9.17) is 0 Å². The predicted octanol–water partition coefficient (Wildman–Crippen LogP) is 4.29. The lowest BCUT2D eigenvalue weighted by molar-refractivity contribution is -0.116. The van der Waals surface area contributed by atoms with Gasteiger partial charge in [0.05, 0.1) is 17.5 Å². The van der Waals surface area contributed by atoms with E-state index in [1.54, 1.807) is 30.5 Å². The van der Waals surface area contributed by atoms with Crippen molar-refractivity contribution in [2.75, 3.05) is 11.1 Å². The van der Waals surface area contributed by atoms with Crippen molar-refractivity contribution >= 4 is 34.7 Å². The van der Waals surface area contributed by atoms with Crippen LogP contribution >= 0.6 is 11.8 Å². The lowest BCUT2D eigenvalue weighted by Gasteiger charge is -2.08. The van der Waals surface area contributed by atoms with Crippen molar-refractivity contribution in [2.45, 2.75) is 25.4 Å². The topological polar surface area (TPSA) is 63.5 Å². The number of hydrogen-bond acceptors (Lipinski definition) is 4. The molecular formula is C20H21N3O2S. The number of carbonyl (C=O) groups excluding carboxylic acids is 2. The average molecular weight is 367 g/mol. The first-order valence-electron chi connectivity index (χ1n) is 8.51. The molecular weight excluding hydrogens is 346 g/mol. The molecule has 0 radical (unpaired) electrons. The molecule has 2 aromatic heterocycles. The molecule has 0 aliphatic rings. The fraction of sp³-hybridized carbons (Fsp3) is 0.250. The first-order chi connectivity index (χ1) is 12.5. The Morgan fingerprint density at radius 1 is 1.15 bits per heavy atom. The zero-order valence-corrected chi connectivity index (χ0v) is 15.6. The monoisotopic (exact) mass is 367 g/mol. The number of thioether (sulfide) groups is 1. The minimum atomic E-state index is -0.0131. The van der Waals surface area contributed by atoms with Gasteiger partial charge in [0.25, 0.3) is 0 Å². The Labute approximate surface area is 156 Å². The standard InChI is InChI=1S/C20H21N3O2S/c1-14(2)11-19(25)22-16-8-6-15(7-9-16)18(24)13-26-20-21-12-17-5-3-4-10-23(17)20/h3-10,12,14H,11,13H2,1-2H3,(H,22,25). The second kappa shape index (κ2) is 8.19. The van der Waals surface area contributed by atoms with E-state index in [0.29, 0.717) is 29.3 Å². The van der Waals surface area contributed by atoms with Gasteiger partial charge in [-0.05, 0) is 42.3 Å². The summed E-state index contributed by atoms with van der Waals surface area (Å²) in [5.41, 5.74) is 2.34. The van der Waals surface area contributed by atoms with Crippen LogP contribution in [-0.2, 0) is 4.79 Å². The number of aromatic nitrogens is 2. The average Bonchev–Trinajstić information content (AvgIpc) is 3.03. The maximum absolute atomic E-state index is 12.4. The number of amides is 1. The highest BCUT2D eigenvalue weighted by atomic mass is 32.2. The number of imidazole rings is 1. The van der Waals surface area contributed by atoms with Gasteiger partial charge in [0.1, 0.15) is 0 Å². The molecule has 2 heterocycles. The number of nitrogens with zero attached hydrogens (tertiary/aromatic N) is 2. The van der Waals surface area contributed by atoms with Gasteiger partial charge in [-0.25, -0.2) is 4.98 Å². The molecule has 0 spiro atoms. The van der Waals surface area contributed by atoms with Crippen LogP contribution in [-0.4, -0.2) is 26.8 Å². The fourth-order valence-corrected chi connectivity index (χ4v) is 3.42. The van der Waals surface area contributed by atoms with E-state index in [-0.39, 0.29) is 11.7 Å². The molecule has 5 nitrogen and oxygen atoms in total. The van der Waals surface area contributed by atoms with Crippen LogP contribution in [0.2, 0.25) is 0 Å². The number of rotatable bonds is 7. The van der Waals surface area contributed by atoms with Crippen LogP contribution in [0.4, 0.5) is 5.69 Å². The number of fused-ring (bicyclic) bond motifs is 1. The quantitative estimate of drug-likeness (QED) is 0.500. The predicted molar refractivity (Wildman–Crippen MR) is 105 cm³/mol. The van der Waals surface area contributed by atoms with Gasteiger partial charge in [-0.15, -0.1) is 0 Å². The van der Waals surface area contributed by atoms with Gasteiger partial charge in [-0.2, -0.15) is 0 Å². The van der Waals surface area contributed by atoms with Crippen LogP contribution in [0.25, 0.3) is 5.52 Å². The zero-order chi connectivity index (χ0) is 18.5. The first-order valence-corrected chi connectivity index (χ1v) is 9.49. The third-order valence-corrected chi connectivity index (χ3v) is 4.79. The normalized spacial score (nSPS) is 11.0. The summed E-state index contributed by atoms with van der Waals surface area (Å²) in [4.78, 5) is 28.6. The van der Waals surface area contributed by atoms with E-state index in [9.17, 15) is 9.59 Å². The number of ketones is 1. The van der Waals surface area contributed by atoms with Crippen LogP contribution < -0.4 is 5.32 Å². The molecule has 134 valence electrons. The molecule has 26 heavy (non-hydrogen) atoms. The first kappa shape index (κ1) is 18.2. The second-order valence-electron chi connectivity index (χ2n) is 6.47. The van der Waals surface area contributed by atoms with Gasteiger partial charge in [0.15, 0.2) is 10.9 Å². The third-order valence-electron chi connectivity index (χ3n) is 3.82. The highest BCUT2D eigenvalue weighted by Crippen LogP contribution is 2.20. The SMILES string of the molecule is CC(C)CC(=O)Nc1ccc(C(=O)CSc2ncc3ccccn23)cc1. The Morgan fingerprint density at radius 3 is 2.65 bits per heavy atom. The minimum Gasteiger partial charge on any atom is -0.326 e. The van der Waals surface area contributed by atoms with Crippen LogP contribution in [0.1, 0.15) is 30.6 Å². The Bertz CT molecular complexity index is 916. The number of benzene rings is 1. The van der Waals surface area contributed by atoms with Crippen molar-refractivity contribution in [3.8, 4) is 0 Å². The van der Waals surface area contributed by atoms with Crippen molar-refractivity contribution in [1.29, 1.82) is 0 Å². The van der Waals surface area contributed by atoms with E-state index in [2.05, 4.69) is 10.3 Å². The highest BCUT2D eigenvalue weighted by molar-refractivity contribution is 7.99. The van der Waals surface area contributed by atoms with Gasteiger partial charge in [0, 0.05) is 23.9 Å². The van der Waals surface area contributed by atoms with Gasteiger partial charge in [-0.3, -0.25) is 14.0 Å². The smallest absolute Gasteiger partial charge is 0.224 e. The summed E-state index contributed by atoms with van der Waals surface area (Å²) in [6, 6.07) is 12.9. The van der Waals surface area contributed by atoms with E-state index in [1.165, 1.54) is 11.8 Å². The van der Waals surface area contributed by atoms with Crippen molar-refractivity contribution < 1.29 is 9.59 Å². The molecule has 1 aromatic carbocycles. The Kier molecular flexibility index (Phi) is 5.73. The molecule has 0 aliphatic carbocycles. The van der Waals surface area contributed by atoms with Crippen molar-refractivity contribution in [2.24, 2.45) is 5.92 Å². The van der Waals surface area contributed by atoms with E-state index < -0.39 is 0 Å². The molecule has 3 rings (SSSR count). The van der Waals surface area contributed by atoms with Crippen LogP contribution in [0.3, 0.4) is 0 Å². The molecule has 0 unspecified atom stereocenters. The molecule has 1 amide bonds. The van der Waals surface area contributed by atoms with Gasteiger partial charge < -0.3 is 5.32 Å². The maximum Gasteiger partial charge on any atom is 0.224 e. The fourth-order valence-electron chi connectivity index (χ4n) is 2.56. The zero-order valence-electron chi connectivity index (χ0n) is 14.8. The highest BCUT2D eigenvalue weighted by Gasteiger charge is 2.11. The van der Waals surface area contributed by atoms with Crippen molar-refractivity contribution in [3.63, 3.8) is 0 Å². The number of pyridine rings is 1. The molecule has 0 atom stereocenters. The summed E-state index contributed by atoms with van der Waals surface area (Å²) >= 11 is 1.41. The Morgan fingerprint density at radius 2 is 1.92 bits per heavy atom. The van der Waals surface area contributed by atoms with Crippen LogP contribution in [0.15, 0.2) is 60.0 Å². The van der Waals surface area contributed by atoms with E-state index in [0.717, 1.165) is 10.7 Å². The van der Waals surface area contributed by atoms with E-state index >= 15 is 0 Å². The van der Waals surface area contributed by atoms with Gasteiger partial charge >= 0.3 is 0 Å². The lowest BCUT2D eigenvalue weighted by Crippen LogP contribution is -2.14. The summed E-state index contributed by atoms with van der Waals surface area (Å²) in [6.45, 7) is 4.00. The molecule has 0 bridgehead atoms. The van der Waals surface area contributed by atoms with Gasteiger partial charge in [-0.1, -0.05) is 31.7 Å². The third kappa shape index (κ3) is 4.52. The summed E-state index contributed by atoms with van der Waals surface area (Å²) in [6.07, 6.45) is 4.21. The van der Waals surface area contributed by atoms with E-state index in [1.807, 2.05) is 42.6 Å².